The Morgan fingerprint density at radius 3 is 2.63 bits per heavy atom. The van der Waals surface area contributed by atoms with E-state index in [1.54, 1.807) is 33.0 Å². The van der Waals surface area contributed by atoms with Crippen molar-refractivity contribution < 1.29 is 23.8 Å². The Morgan fingerprint density at radius 1 is 1.37 bits per heavy atom. The lowest BCUT2D eigenvalue weighted by atomic mass is 9.76. The number of nitrogens with zero attached hydrogens (tertiary/aromatic N) is 1. The number of rotatable bonds is 4. The highest BCUT2D eigenvalue weighted by atomic mass is 35.5. The lowest BCUT2D eigenvalue weighted by Gasteiger charge is -2.43. The van der Waals surface area contributed by atoms with Crippen molar-refractivity contribution in [3.63, 3.8) is 0 Å². The minimum Gasteiger partial charge on any atom is -0.478 e. The van der Waals surface area contributed by atoms with Crippen LogP contribution in [0.4, 0.5) is 0 Å². The molecular weight excluding hydrogens is 410 g/mol. The number of nitrogens with one attached hydrogen (secondary N) is 1. The van der Waals surface area contributed by atoms with Gasteiger partial charge in [0.15, 0.2) is 0 Å². The minimum absolute atomic E-state index is 0.0174. The van der Waals surface area contributed by atoms with Crippen molar-refractivity contribution in [3.8, 4) is 11.3 Å². The first kappa shape index (κ1) is 20.8. The summed E-state index contributed by atoms with van der Waals surface area (Å²) in [4.78, 5) is 29.5. The van der Waals surface area contributed by atoms with Crippen LogP contribution in [0, 0.1) is 0 Å². The summed E-state index contributed by atoms with van der Waals surface area (Å²) in [6, 6.07) is 1.65. The lowest BCUT2D eigenvalue weighted by Crippen LogP contribution is -2.70. The van der Waals surface area contributed by atoms with E-state index in [0.29, 0.717) is 42.8 Å². The summed E-state index contributed by atoms with van der Waals surface area (Å²) in [5.74, 6) is -2.39. The Labute approximate surface area is 178 Å². The number of esters is 1. The van der Waals surface area contributed by atoms with Crippen LogP contribution in [0.15, 0.2) is 16.7 Å². The number of aryl methyl sites for hydroxylation is 1. The lowest BCUT2D eigenvalue weighted by molar-refractivity contribution is -0.159. The second-order valence-corrected chi connectivity index (χ2v) is 9.31. The van der Waals surface area contributed by atoms with Gasteiger partial charge in [-0.15, -0.1) is 0 Å². The van der Waals surface area contributed by atoms with Crippen LogP contribution < -0.4 is 11.1 Å². The fourth-order valence-corrected chi connectivity index (χ4v) is 4.25. The number of carbonyl (C=O) groups excluding carboxylic acids is 1. The minimum atomic E-state index is -1.16. The molecule has 4 rings (SSSR count). The summed E-state index contributed by atoms with van der Waals surface area (Å²) in [6.07, 6.45) is 2.71. The average Bonchev–Trinajstić information content (AvgIpc) is 2.98. The van der Waals surface area contributed by atoms with Gasteiger partial charge in [0.25, 0.3) is 0 Å². The molecule has 3 heterocycles. The van der Waals surface area contributed by atoms with Crippen molar-refractivity contribution in [2.24, 2.45) is 5.73 Å². The van der Waals surface area contributed by atoms with Crippen LogP contribution in [0.25, 0.3) is 11.3 Å². The van der Waals surface area contributed by atoms with Crippen LogP contribution >= 0.6 is 11.6 Å². The van der Waals surface area contributed by atoms with Gasteiger partial charge in [-0.1, -0.05) is 11.6 Å². The molecule has 30 heavy (non-hydrogen) atoms. The zero-order chi connectivity index (χ0) is 21.8. The van der Waals surface area contributed by atoms with Crippen molar-refractivity contribution in [1.82, 2.24) is 10.3 Å². The number of aromatic nitrogens is 1. The summed E-state index contributed by atoms with van der Waals surface area (Å²) in [5, 5.41) is 13.4. The second-order valence-electron chi connectivity index (χ2n) is 8.92. The number of nitrogens with two attached hydrogens (primary N) is 1. The van der Waals surface area contributed by atoms with Crippen LogP contribution in [-0.2, 0) is 22.4 Å². The molecule has 9 heteroatoms. The average molecular weight is 434 g/mol. The quantitative estimate of drug-likeness (QED) is 0.495. The van der Waals surface area contributed by atoms with E-state index in [4.69, 9.17) is 26.5 Å². The maximum absolute atomic E-state index is 13.2. The number of aromatic carboxylic acids is 1. The van der Waals surface area contributed by atoms with Gasteiger partial charge in [0.2, 0.25) is 0 Å². The number of pyridine rings is 1. The first-order valence-corrected chi connectivity index (χ1v) is 10.1. The molecule has 0 aromatic carbocycles. The third-order valence-corrected chi connectivity index (χ3v) is 5.68. The topological polar surface area (TPSA) is 128 Å². The summed E-state index contributed by atoms with van der Waals surface area (Å²) < 4.78 is 11.7. The van der Waals surface area contributed by atoms with Crippen LogP contribution in [-0.4, -0.2) is 46.3 Å². The Bertz CT molecular complexity index is 1040. The Balaban J connectivity index is 1.90. The first-order chi connectivity index (χ1) is 14.0. The number of halogens is 1. The standard InChI is InChI=1S/C21H24ClN3O5/c1-20(2,3)30-19(28)15(21(23)8-24-9-21)17-14(18(26)27)11-5-4-10-7-25-13(22)6-12(10)16(11)29-17/h6-7,15,24H,4-5,8-9,23H2,1-3H3,(H,26,27). The van der Waals surface area contributed by atoms with Gasteiger partial charge in [0, 0.05) is 30.4 Å². The molecule has 0 radical (unpaired) electrons. The normalized spacial score (nSPS) is 18.0. The van der Waals surface area contributed by atoms with E-state index >= 15 is 0 Å². The number of fused-ring (bicyclic) bond motifs is 3. The summed E-state index contributed by atoms with van der Waals surface area (Å²) in [5.41, 5.74) is 6.84. The van der Waals surface area contributed by atoms with Crippen LogP contribution in [0.3, 0.4) is 0 Å². The maximum Gasteiger partial charge on any atom is 0.339 e. The Morgan fingerprint density at radius 2 is 2.07 bits per heavy atom. The largest absolute Gasteiger partial charge is 0.478 e. The number of carbonyl (C=O) groups is 2. The maximum atomic E-state index is 13.2. The SMILES string of the molecule is CC(C)(C)OC(=O)C(c1oc2c(c1C(=O)O)CCc1cnc(Cl)cc1-2)C1(N)CNC1. The summed E-state index contributed by atoms with van der Waals surface area (Å²) in [7, 11) is 0. The Hall–Kier alpha value is -2.42. The van der Waals surface area contributed by atoms with E-state index in [0.717, 1.165) is 5.56 Å². The molecule has 1 saturated heterocycles. The molecular formula is C21H24ClN3O5. The van der Waals surface area contributed by atoms with Crippen molar-refractivity contribution in [1.29, 1.82) is 0 Å². The van der Waals surface area contributed by atoms with Crippen LogP contribution in [0.2, 0.25) is 5.15 Å². The third-order valence-electron chi connectivity index (χ3n) is 5.48. The molecule has 2 aromatic rings. The molecule has 2 aromatic heterocycles. The highest BCUT2D eigenvalue weighted by Gasteiger charge is 2.51. The number of carboxylic acid groups (broad SMARTS) is 1. The van der Waals surface area contributed by atoms with Gasteiger partial charge in [-0.25, -0.2) is 9.78 Å². The third kappa shape index (κ3) is 3.49. The van der Waals surface area contributed by atoms with Crippen molar-refractivity contribution in [2.45, 2.75) is 50.7 Å². The fourth-order valence-electron chi connectivity index (χ4n) is 4.09. The molecule has 1 aliphatic carbocycles. The van der Waals surface area contributed by atoms with E-state index in [-0.39, 0.29) is 16.5 Å². The summed E-state index contributed by atoms with van der Waals surface area (Å²) in [6.45, 7) is 5.93. The molecule has 0 bridgehead atoms. The van der Waals surface area contributed by atoms with Gasteiger partial charge in [0.1, 0.15) is 33.8 Å². The molecule has 1 atom stereocenters. The molecule has 1 unspecified atom stereocenters. The smallest absolute Gasteiger partial charge is 0.339 e. The molecule has 0 saturated carbocycles. The molecule has 0 spiro atoms. The van der Waals surface area contributed by atoms with E-state index in [2.05, 4.69) is 10.3 Å². The van der Waals surface area contributed by atoms with Crippen molar-refractivity contribution in [3.05, 3.63) is 39.9 Å². The fraction of sp³-hybridized carbons (Fsp3) is 0.476. The number of ether oxygens (including phenoxy) is 1. The highest BCUT2D eigenvalue weighted by molar-refractivity contribution is 6.29. The van der Waals surface area contributed by atoms with Crippen molar-refractivity contribution in [2.75, 3.05) is 13.1 Å². The Kier molecular flexibility index (Phi) is 4.91. The van der Waals surface area contributed by atoms with Crippen LogP contribution in [0.1, 0.15) is 53.9 Å². The van der Waals surface area contributed by atoms with E-state index in [1.807, 2.05) is 0 Å². The molecule has 2 aliphatic rings. The number of carboxylic acids is 1. The molecule has 160 valence electrons. The zero-order valence-electron chi connectivity index (χ0n) is 17.0. The van der Waals surface area contributed by atoms with Crippen molar-refractivity contribution >= 4 is 23.5 Å². The first-order valence-electron chi connectivity index (χ1n) is 9.76. The number of hydrogen-bond acceptors (Lipinski definition) is 7. The van der Waals surface area contributed by atoms with Gasteiger partial charge >= 0.3 is 11.9 Å². The van der Waals surface area contributed by atoms with E-state index in [9.17, 15) is 14.7 Å². The second kappa shape index (κ2) is 7.08. The van der Waals surface area contributed by atoms with Gasteiger partial charge in [0.05, 0.1) is 5.54 Å². The zero-order valence-corrected chi connectivity index (χ0v) is 17.8. The van der Waals surface area contributed by atoms with Gasteiger partial charge < -0.3 is 25.3 Å². The monoisotopic (exact) mass is 433 g/mol. The van der Waals surface area contributed by atoms with Gasteiger partial charge in [-0.05, 0) is 45.2 Å². The van der Waals surface area contributed by atoms with Gasteiger partial charge in [-0.3, -0.25) is 4.79 Å². The highest BCUT2D eigenvalue weighted by Crippen LogP contribution is 2.44. The predicted octanol–water partition coefficient (Wildman–Crippen LogP) is 2.52. The van der Waals surface area contributed by atoms with E-state index in [1.165, 1.54) is 0 Å². The van der Waals surface area contributed by atoms with Crippen LogP contribution in [0.5, 0.6) is 0 Å². The van der Waals surface area contributed by atoms with Gasteiger partial charge in [-0.2, -0.15) is 0 Å². The molecule has 8 nitrogen and oxygen atoms in total. The molecule has 1 fully saturated rings. The molecule has 0 amide bonds. The molecule has 1 aliphatic heterocycles. The number of furan rings is 1. The summed E-state index contributed by atoms with van der Waals surface area (Å²) >= 11 is 6.07. The van der Waals surface area contributed by atoms with E-state index < -0.39 is 29.0 Å². The molecule has 4 N–H and O–H groups in total. The number of hydrogen-bond donors (Lipinski definition) is 3. The predicted molar refractivity (Wildman–Crippen MR) is 110 cm³/mol.